The van der Waals surface area contributed by atoms with Crippen molar-refractivity contribution in [3.8, 4) is 0 Å². The summed E-state index contributed by atoms with van der Waals surface area (Å²) in [4.78, 5) is 0. The summed E-state index contributed by atoms with van der Waals surface area (Å²) in [7, 11) is -7.53. The summed E-state index contributed by atoms with van der Waals surface area (Å²) in [6.45, 7) is 22.5. The molecule has 0 aromatic heterocycles. The van der Waals surface area contributed by atoms with Gasteiger partial charge in [-0.1, -0.05) is 51.9 Å². The van der Waals surface area contributed by atoms with Crippen molar-refractivity contribution in [2.75, 3.05) is 0 Å². The third-order valence-electron chi connectivity index (χ3n) is 3.77. The second-order valence-corrected chi connectivity index (χ2v) is 26.4. The summed E-state index contributed by atoms with van der Waals surface area (Å²) in [5.74, 6) is 0. The molecule has 0 saturated carbocycles. The Balaban J connectivity index is 4.68. The maximum absolute atomic E-state index is 6.73. The number of hydrogen-bond donors (Lipinski definition) is 0. The summed E-state index contributed by atoms with van der Waals surface area (Å²) in [5.41, 5.74) is 0. The van der Waals surface area contributed by atoms with Gasteiger partial charge in [-0.15, -0.1) is 0 Å². The van der Waals surface area contributed by atoms with E-state index in [1.807, 2.05) is 0 Å². The zero-order chi connectivity index (χ0) is 19.8. The highest BCUT2D eigenvalue weighted by Crippen LogP contribution is 2.28. The van der Waals surface area contributed by atoms with Gasteiger partial charge in [0.15, 0.2) is 16.6 Å². The summed E-state index contributed by atoms with van der Waals surface area (Å²) in [5, 5.41) is 0. The first-order chi connectivity index (χ1) is 11.2. The molecular weight excluding hydrogens is 377 g/mol. The van der Waals surface area contributed by atoms with Crippen molar-refractivity contribution in [3.63, 3.8) is 0 Å². The lowest BCUT2D eigenvalue weighted by Crippen LogP contribution is -2.56. The summed E-state index contributed by atoms with van der Waals surface area (Å²) in [6.07, 6.45) is 9.35. The van der Waals surface area contributed by atoms with E-state index in [4.69, 9.17) is 12.3 Å². The van der Waals surface area contributed by atoms with Crippen LogP contribution in [0.5, 0.6) is 0 Å². The Bertz CT molecular complexity index is 364. The molecule has 0 saturated heterocycles. The molecule has 0 amide bonds. The predicted octanol–water partition coefficient (Wildman–Crippen LogP) is 7.23. The van der Waals surface area contributed by atoms with Crippen LogP contribution in [0.1, 0.15) is 51.9 Å². The Kier molecular flexibility index (Phi) is 11.2. The van der Waals surface area contributed by atoms with Crippen molar-refractivity contribution in [2.24, 2.45) is 0 Å². The van der Waals surface area contributed by atoms with Crippen LogP contribution in [0.4, 0.5) is 0 Å². The van der Waals surface area contributed by atoms with Crippen LogP contribution in [0.3, 0.4) is 0 Å². The number of hydrogen-bond acceptors (Lipinski definition) is 3. The highest BCUT2D eigenvalue weighted by Gasteiger charge is 2.43. The van der Waals surface area contributed by atoms with Crippen LogP contribution in [0.2, 0.25) is 65.0 Å². The van der Waals surface area contributed by atoms with E-state index in [1.165, 1.54) is 44.9 Å². The SMILES string of the molecule is CCCCCCCCC[Si](C)(O[Si](C)(C)C)O[Si](C)(C)O[Si](C)(C)C. The van der Waals surface area contributed by atoms with Gasteiger partial charge in [0.05, 0.1) is 0 Å². The molecule has 0 aliphatic rings. The minimum absolute atomic E-state index is 1.11. The Morgan fingerprint density at radius 1 is 0.520 bits per heavy atom. The van der Waals surface area contributed by atoms with Crippen molar-refractivity contribution in [3.05, 3.63) is 0 Å². The molecule has 152 valence electrons. The first-order valence-electron chi connectivity index (χ1n) is 10.3. The molecule has 0 N–H and O–H groups in total. The van der Waals surface area contributed by atoms with E-state index in [2.05, 4.69) is 65.8 Å². The van der Waals surface area contributed by atoms with Crippen LogP contribution in [0.25, 0.3) is 0 Å². The molecule has 0 spiro atoms. The van der Waals surface area contributed by atoms with E-state index in [1.54, 1.807) is 0 Å². The molecule has 1 atom stereocenters. The van der Waals surface area contributed by atoms with Crippen molar-refractivity contribution >= 4 is 33.8 Å². The third kappa shape index (κ3) is 15.5. The van der Waals surface area contributed by atoms with E-state index < -0.39 is 33.8 Å². The van der Waals surface area contributed by atoms with Gasteiger partial charge in [-0.3, -0.25) is 0 Å². The van der Waals surface area contributed by atoms with Crippen molar-refractivity contribution in [2.45, 2.75) is 117 Å². The second-order valence-electron chi connectivity index (χ2n) is 9.94. The summed E-state index contributed by atoms with van der Waals surface area (Å²) < 4.78 is 19.8. The molecule has 0 aromatic carbocycles. The first-order valence-corrected chi connectivity index (χ1v) is 22.4. The average Bonchev–Trinajstić information content (AvgIpc) is 2.31. The molecule has 0 rings (SSSR count). The van der Waals surface area contributed by atoms with Crippen LogP contribution < -0.4 is 0 Å². The predicted molar refractivity (Wildman–Crippen MR) is 122 cm³/mol. The zero-order valence-electron chi connectivity index (χ0n) is 18.9. The fourth-order valence-corrected chi connectivity index (χ4v) is 21.5. The van der Waals surface area contributed by atoms with E-state index in [9.17, 15) is 0 Å². The summed E-state index contributed by atoms with van der Waals surface area (Å²) >= 11 is 0. The van der Waals surface area contributed by atoms with Crippen LogP contribution in [0, 0.1) is 0 Å². The van der Waals surface area contributed by atoms with Gasteiger partial charge in [-0.2, -0.15) is 0 Å². The van der Waals surface area contributed by atoms with Gasteiger partial charge in [0.1, 0.15) is 0 Å². The minimum atomic E-state index is -2.17. The second kappa shape index (κ2) is 10.9. The average molecular weight is 423 g/mol. The van der Waals surface area contributed by atoms with Gasteiger partial charge in [0, 0.05) is 0 Å². The van der Waals surface area contributed by atoms with Crippen molar-refractivity contribution in [1.82, 2.24) is 0 Å². The standard InChI is InChI=1S/C18H46O3Si4/c1-11-12-13-14-15-16-17-18-25(10,20-23(5,6)7)21-24(8,9)19-22(2,3)4/h11-18H2,1-10H3. The van der Waals surface area contributed by atoms with Crippen LogP contribution in [-0.2, 0) is 12.3 Å². The molecule has 25 heavy (non-hydrogen) atoms. The molecule has 0 aliphatic carbocycles. The van der Waals surface area contributed by atoms with Gasteiger partial charge in [0.25, 0.3) is 0 Å². The Hall–Kier alpha value is 0.748. The van der Waals surface area contributed by atoms with E-state index in [0.29, 0.717) is 0 Å². The fraction of sp³-hybridized carbons (Fsp3) is 1.00. The van der Waals surface area contributed by atoms with Crippen LogP contribution >= 0.6 is 0 Å². The highest BCUT2D eigenvalue weighted by molar-refractivity contribution is 6.89. The minimum Gasteiger partial charge on any atom is -0.437 e. The summed E-state index contributed by atoms with van der Waals surface area (Å²) in [6, 6.07) is 1.11. The van der Waals surface area contributed by atoms with Crippen LogP contribution in [0.15, 0.2) is 0 Å². The lowest BCUT2D eigenvalue weighted by Gasteiger charge is -2.41. The van der Waals surface area contributed by atoms with Crippen molar-refractivity contribution in [1.29, 1.82) is 0 Å². The van der Waals surface area contributed by atoms with E-state index >= 15 is 0 Å². The van der Waals surface area contributed by atoms with Gasteiger partial charge >= 0.3 is 17.1 Å². The molecule has 0 bridgehead atoms. The van der Waals surface area contributed by atoms with Gasteiger partial charge in [0.2, 0.25) is 0 Å². The first kappa shape index (κ1) is 25.7. The topological polar surface area (TPSA) is 27.7 Å². The molecule has 0 aliphatic heterocycles. The molecule has 1 unspecified atom stereocenters. The lowest BCUT2D eigenvalue weighted by molar-refractivity contribution is 0.322. The van der Waals surface area contributed by atoms with Gasteiger partial charge in [-0.05, 0) is 65.0 Å². The molecule has 0 radical (unpaired) electrons. The smallest absolute Gasteiger partial charge is 0.315 e. The number of rotatable bonds is 14. The molecule has 0 aromatic rings. The number of unbranched alkanes of at least 4 members (excludes halogenated alkanes) is 6. The Morgan fingerprint density at radius 2 is 0.960 bits per heavy atom. The molecule has 3 nitrogen and oxygen atoms in total. The van der Waals surface area contributed by atoms with E-state index in [0.717, 1.165) is 6.04 Å². The normalized spacial score (nSPS) is 16.1. The monoisotopic (exact) mass is 422 g/mol. The largest absolute Gasteiger partial charge is 0.437 e. The molecule has 0 fully saturated rings. The quantitative estimate of drug-likeness (QED) is 0.218. The molecule has 0 heterocycles. The fourth-order valence-electron chi connectivity index (χ4n) is 3.45. The maximum Gasteiger partial charge on any atom is 0.315 e. The maximum atomic E-state index is 6.73. The molecule has 7 heteroatoms. The van der Waals surface area contributed by atoms with Gasteiger partial charge in [-0.25, -0.2) is 0 Å². The van der Waals surface area contributed by atoms with Gasteiger partial charge < -0.3 is 12.3 Å². The van der Waals surface area contributed by atoms with E-state index in [-0.39, 0.29) is 0 Å². The molecular formula is C18H46O3Si4. The zero-order valence-corrected chi connectivity index (χ0v) is 22.9. The lowest BCUT2D eigenvalue weighted by atomic mass is 10.1. The van der Waals surface area contributed by atoms with Crippen molar-refractivity contribution < 1.29 is 12.3 Å². The Labute approximate surface area is 163 Å². The van der Waals surface area contributed by atoms with Crippen LogP contribution in [-0.4, -0.2) is 33.8 Å². The Morgan fingerprint density at radius 3 is 1.40 bits per heavy atom. The third-order valence-corrected chi connectivity index (χ3v) is 17.3. The highest BCUT2D eigenvalue weighted by atomic mass is 28.5.